The molecular formula is C26H31N3O4. The Morgan fingerprint density at radius 3 is 2.33 bits per heavy atom. The number of Topliss-reactive ketones (excluding diaryl/α,β-unsaturated/α-hetero) is 1. The Morgan fingerprint density at radius 1 is 0.970 bits per heavy atom. The van der Waals surface area contributed by atoms with Crippen LogP contribution >= 0.6 is 0 Å². The van der Waals surface area contributed by atoms with Crippen molar-refractivity contribution in [2.45, 2.75) is 46.0 Å². The first-order valence-electron chi connectivity index (χ1n) is 11.3. The molecule has 0 aliphatic carbocycles. The normalized spacial score (nSPS) is 10.8. The van der Waals surface area contributed by atoms with Gasteiger partial charge in [0.1, 0.15) is 11.4 Å². The number of rotatable bonds is 11. The van der Waals surface area contributed by atoms with Crippen molar-refractivity contribution in [2.24, 2.45) is 7.05 Å². The summed E-state index contributed by atoms with van der Waals surface area (Å²) in [4.78, 5) is 37.9. The van der Waals surface area contributed by atoms with E-state index in [2.05, 4.69) is 12.2 Å². The summed E-state index contributed by atoms with van der Waals surface area (Å²) in [6.45, 7) is 4.57. The van der Waals surface area contributed by atoms with Crippen molar-refractivity contribution in [3.05, 3.63) is 76.2 Å². The van der Waals surface area contributed by atoms with Gasteiger partial charge in [-0.1, -0.05) is 38.0 Å². The van der Waals surface area contributed by atoms with Crippen LogP contribution in [0, 0.1) is 6.92 Å². The zero-order valence-electron chi connectivity index (χ0n) is 19.5. The van der Waals surface area contributed by atoms with Gasteiger partial charge in [0.05, 0.1) is 18.0 Å². The Balaban J connectivity index is 1.57. The molecule has 0 saturated carbocycles. The molecule has 1 heterocycles. The lowest BCUT2D eigenvalue weighted by atomic mass is 10.1. The highest BCUT2D eigenvalue weighted by atomic mass is 16.5. The fourth-order valence-corrected chi connectivity index (χ4v) is 3.56. The number of para-hydroxylation sites is 1. The van der Waals surface area contributed by atoms with Crippen LogP contribution in [0.4, 0.5) is 5.69 Å². The zero-order chi connectivity index (χ0) is 23.8. The fraction of sp³-hybridized carbons (Fsp3) is 0.346. The fourth-order valence-electron chi connectivity index (χ4n) is 3.56. The van der Waals surface area contributed by atoms with Crippen LogP contribution in [0.1, 0.15) is 55.1 Å². The van der Waals surface area contributed by atoms with Crippen molar-refractivity contribution in [2.75, 3.05) is 11.9 Å². The van der Waals surface area contributed by atoms with E-state index < -0.39 is 0 Å². The SMILES string of the molecule is CCCCCOc1ccc(C(=O)CCC(=O)Nc2c(C)n(C)n(-c3ccccc3)c2=O)cc1. The number of amides is 1. The minimum Gasteiger partial charge on any atom is -0.494 e. The average Bonchev–Trinajstić information content (AvgIpc) is 3.04. The van der Waals surface area contributed by atoms with Gasteiger partial charge in [-0.2, -0.15) is 0 Å². The van der Waals surface area contributed by atoms with E-state index in [9.17, 15) is 14.4 Å². The molecule has 0 fully saturated rings. The molecule has 0 radical (unpaired) electrons. The summed E-state index contributed by atoms with van der Waals surface area (Å²) >= 11 is 0. The molecule has 0 spiro atoms. The summed E-state index contributed by atoms with van der Waals surface area (Å²) in [6, 6.07) is 16.2. The quantitative estimate of drug-likeness (QED) is 0.341. The number of carbonyl (C=O) groups is 2. The number of hydrogen-bond donors (Lipinski definition) is 1. The lowest BCUT2D eigenvalue weighted by Gasteiger charge is -2.07. The third-order valence-electron chi connectivity index (χ3n) is 5.59. The number of nitrogens with one attached hydrogen (secondary N) is 1. The molecule has 0 aliphatic rings. The highest BCUT2D eigenvalue weighted by Crippen LogP contribution is 2.17. The minimum atomic E-state index is -0.370. The molecule has 3 aromatic rings. The topological polar surface area (TPSA) is 82.3 Å². The average molecular weight is 450 g/mol. The van der Waals surface area contributed by atoms with E-state index >= 15 is 0 Å². The van der Waals surface area contributed by atoms with Gasteiger partial charge in [0.25, 0.3) is 5.56 Å². The maximum Gasteiger partial charge on any atom is 0.295 e. The second kappa shape index (κ2) is 11.3. The number of benzene rings is 2. The third kappa shape index (κ3) is 6.00. The van der Waals surface area contributed by atoms with E-state index in [1.54, 1.807) is 42.9 Å². The summed E-state index contributed by atoms with van der Waals surface area (Å²) in [5.74, 6) is 0.231. The zero-order valence-corrected chi connectivity index (χ0v) is 19.5. The summed E-state index contributed by atoms with van der Waals surface area (Å²) in [5.41, 5.74) is 1.80. The molecule has 0 bridgehead atoms. The molecule has 0 saturated heterocycles. The van der Waals surface area contributed by atoms with E-state index in [-0.39, 0.29) is 35.8 Å². The monoisotopic (exact) mass is 449 g/mol. The van der Waals surface area contributed by atoms with Crippen LogP contribution in [0.2, 0.25) is 0 Å². The molecule has 0 unspecified atom stereocenters. The van der Waals surface area contributed by atoms with Gasteiger partial charge in [-0.05, 0) is 49.7 Å². The Kier molecular flexibility index (Phi) is 8.24. The molecule has 33 heavy (non-hydrogen) atoms. The Hall–Kier alpha value is -3.61. The molecule has 7 heteroatoms. The van der Waals surface area contributed by atoms with Crippen molar-refractivity contribution in [3.8, 4) is 11.4 Å². The second-order valence-electron chi connectivity index (χ2n) is 7.99. The van der Waals surface area contributed by atoms with Crippen LogP contribution in [-0.4, -0.2) is 27.7 Å². The standard InChI is InChI=1S/C26H31N3O4/c1-4-5-9-18-33-22-14-12-20(13-15-22)23(30)16-17-24(31)27-25-19(2)28(3)29(26(25)32)21-10-7-6-8-11-21/h6-8,10-15H,4-5,9,16-18H2,1-3H3,(H,27,31). The summed E-state index contributed by atoms with van der Waals surface area (Å²) in [5, 5.41) is 2.69. The van der Waals surface area contributed by atoms with Crippen LogP contribution in [0.3, 0.4) is 0 Å². The number of carbonyl (C=O) groups excluding carboxylic acids is 2. The van der Waals surface area contributed by atoms with Gasteiger partial charge in [0.2, 0.25) is 5.91 Å². The number of hydrogen-bond acceptors (Lipinski definition) is 4. The number of nitrogens with zero attached hydrogens (tertiary/aromatic N) is 2. The molecule has 2 aromatic carbocycles. The highest BCUT2D eigenvalue weighted by molar-refractivity contribution is 6.00. The lowest BCUT2D eigenvalue weighted by molar-refractivity contribution is -0.116. The molecular weight excluding hydrogens is 418 g/mol. The maximum atomic E-state index is 12.9. The van der Waals surface area contributed by atoms with E-state index in [1.165, 1.54) is 4.68 Å². The minimum absolute atomic E-state index is 0.00673. The van der Waals surface area contributed by atoms with Crippen LogP contribution in [-0.2, 0) is 11.8 Å². The first kappa shape index (κ1) is 24.0. The summed E-state index contributed by atoms with van der Waals surface area (Å²) in [7, 11) is 1.76. The van der Waals surface area contributed by atoms with Gasteiger partial charge >= 0.3 is 0 Å². The molecule has 1 amide bonds. The number of unbranched alkanes of at least 4 members (excludes halogenated alkanes) is 2. The predicted molar refractivity (Wildman–Crippen MR) is 129 cm³/mol. The number of ether oxygens (including phenoxy) is 1. The van der Waals surface area contributed by atoms with Gasteiger partial charge < -0.3 is 10.1 Å². The van der Waals surface area contributed by atoms with Crippen LogP contribution in [0.5, 0.6) is 5.75 Å². The van der Waals surface area contributed by atoms with E-state index in [4.69, 9.17) is 4.74 Å². The number of ketones is 1. The van der Waals surface area contributed by atoms with Crippen molar-refractivity contribution in [1.82, 2.24) is 9.36 Å². The molecule has 0 aliphatic heterocycles. The number of aromatic nitrogens is 2. The van der Waals surface area contributed by atoms with Crippen LogP contribution < -0.4 is 15.6 Å². The van der Waals surface area contributed by atoms with Gasteiger partial charge in [0, 0.05) is 25.5 Å². The van der Waals surface area contributed by atoms with Crippen molar-refractivity contribution in [1.29, 1.82) is 0 Å². The lowest BCUT2D eigenvalue weighted by Crippen LogP contribution is -2.23. The predicted octanol–water partition coefficient (Wildman–Crippen LogP) is 4.66. The molecule has 1 N–H and O–H groups in total. The van der Waals surface area contributed by atoms with Crippen LogP contribution in [0.25, 0.3) is 5.69 Å². The molecule has 7 nitrogen and oxygen atoms in total. The summed E-state index contributed by atoms with van der Waals surface area (Å²) in [6.07, 6.45) is 3.32. The van der Waals surface area contributed by atoms with E-state index in [1.807, 2.05) is 30.3 Å². The van der Waals surface area contributed by atoms with E-state index in [0.29, 0.717) is 23.6 Å². The van der Waals surface area contributed by atoms with Gasteiger partial charge in [-0.3, -0.25) is 19.1 Å². The first-order chi connectivity index (χ1) is 15.9. The molecule has 3 rings (SSSR count). The summed E-state index contributed by atoms with van der Waals surface area (Å²) < 4.78 is 8.87. The smallest absolute Gasteiger partial charge is 0.295 e. The highest BCUT2D eigenvalue weighted by Gasteiger charge is 2.18. The number of anilines is 1. The largest absolute Gasteiger partial charge is 0.494 e. The second-order valence-corrected chi connectivity index (χ2v) is 7.99. The first-order valence-corrected chi connectivity index (χ1v) is 11.3. The Morgan fingerprint density at radius 2 is 1.67 bits per heavy atom. The van der Waals surface area contributed by atoms with Gasteiger partial charge in [0.15, 0.2) is 5.78 Å². The Labute approximate surface area is 194 Å². The van der Waals surface area contributed by atoms with Crippen molar-refractivity contribution < 1.29 is 14.3 Å². The van der Waals surface area contributed by atoms with Crippen LogP contribution in [0.15, 0.2) is 59.4 Å². The van der Waals surface area contributed by atoms with E-state index in [0.717, 1.165) is 25.0 Å². The molecule has 174 valence electrons. The molecule has 1 aromatic heterocycles. The van der Waals surface area contributed by atoms with Gasteiger partial charge in [-0.15, -0.1) is 0 Å². The van der Waals surface area contributed by atoms with Crippen molar-refractivity contribution in [3.63, 3.8) is 0 Å². The third-order valence-corrected chi connectivity index (χ3v) is 5.59. The molecule has 0 atom stereocenters. The van der Waals surface area contributed by atoms with Gasteiger partial charge in [-0.25, -0.2) is 4.68 Å². The maximum absolute atomic E-state index is 12.9. The van der Waals surface area contributed by atoms with Crippen molar-refractivity contribution >= 4 is 17.4 Å². The Bertz CT molecular complexity index is 1140.